The molecule has 1 heterocycles. The van der Waals surface area contributed by atoms with Crippen molar-refractivity contribution in [2.45, 2.75) is 32.0 Å². The van der Waals surface area contributed by atoms with Gasteiger partial charge in [-0.25, -0.2) is 0 Å². The van der Waals surface area contributed by atoms with Crippen molar-refractivity contribution in [3.8, 4) is 5.75 Å². The third-order valence-corrected chi connectivity index (χ3v) is 4.48. The van der Waals surface area contributed by atoms with E-state index < -0.39 is 0 Å². The van der Waals surface area contributed by atoms with E-state index in [1.807, 2.05) is 37.0 Å². The number of aliphatic hydroxyl groups is 1. The van der Waals surface area contributed by atoms with Gasteiger partial charge in [0, 0.05) is 28.8 Å². The molecule has 0 aliphatic rings. The number of hydrogen-bond acceptors (Lipinski definition) is 4. The number of nitrogens with zero attached hydrogens (tertiary/aromatic N) is 1. The molecule has 0 bridgehead atoms. The molecule has 0 atom stereocenters. The van der Waals surface area contributed by atoms with E-state index in [0.717, 1.165) is 39.6 Å². The SMILES string of the molecule is COc1c(C)cnc(CSCc2ccc(CO)cc2)c1C. The third kappa shape index (κ3) is 3.99. The van der Waals surface area contributed by atoms with Crippen LogP contribution in [0.2, 0.25) is 0 Å². The maximum absolute atomic E-state index is 9.03. The first kappa shape index (κ1) is 15.9. The quantitative estimate of drug-likeness (QED) is 0.885. The van der Waals surface area contributed by atoms with Crippen LogP contribution in [-0.2, 0) is 18.1 Å². The fourth-order valence-electron chi connectivity index (χ4n) is 2.22. The summed E-state index contributed by atoms with van der Waals surface area (Å²) in [5.74, 6) is 2.74. The third-order valence-electron chi connectivity index (χ3n) is 3.46. The Kier molecular flexibility index (Phi) is 5.65. The Balaban J connectivity index is 1.97. The molecule has 0 saturated carbocycles. The van der Waals surface area contributed by atoms with Gasteiger partial charge >= 0.3 is 0 Å². The lowest BCUT2D eigenvalue weighted by molar-refractivity contribution is 0.282. The van der Waals surface area contributed by atoms with Crippen LogP contribution in [0.4, 0.5) is 0 Å². The Morgan fingerprint density at radius 1 is 1.10 bits per heavy atom. The van der Waals surface area contributed by atoms with Crippen molar-refractivity contribution >= 4 is 11.8 Å². The fraction of sp³-hybridized carbons (Fsp3) is 0.353. The van der Waals surface area contributed by atoms with Gasteiger partial charge in [0.05, 0.1) is 19.4 Å². The van der Waals surface area contributed by atoms with Gasteiger partial charge in [-0.3, -0.25) is 4.98 Å². The topological polar surface area (TPSA) is 42.4 Å². The summed E-state index contributed by atoms with van der Waals surface area (Å²) in [7, 11) is 1.70. The molecule has 0 aliphatic heterocycles. The molecule has 0 unspecified atom stereocenters. The molecule has 4 heteroatoms. The van der Waals surface area contributed by atoms with Crippen molar-refractivity contribution in [1.82, 2.24) is 4.98 Å². The molecular weight excluding hydrogens is 282 g/mol. The molecule has 1 N–H and O–H groups in total. The first-order valence-corrected chi connectivity index (χ1v) is 8.06. The molecule has 0 fully saturated rings. The summed E-state index contributed by atoms with van der Waals surface area (Å²) in [4.78, 5) is 4.51. The maximum atomic E-state index is 9.03. The first-order chi connectivity index (χ1) is 10.2. The van der Waals surface area contributed by atoms with Gasteiger partial charge in [-0.15, -0.1) is 0 Å². The van der Waals surface area contributed by atoms with Crippen LogP contribution in [0.3, 0.4) is 0 Å². The Bertz CT molecular complexity index is 596. The second kappa shape index (κ2) is 7.48. The smallest absolute Gasteiger partial charge is 0.128 e. The van der Waals surface area contributed by atoms with Crippen molar-refractivity contribution in [1.29, 1.82) is 0 Å². The fourth-order valence-corrected chi connectivity index (χ4v) is 3.24. The zero-order chi connectivity index (χ0) is 15.2. The number of methoxy groups -OCH3 is 1. The molecule has 0 radical (unpaired) electrons. The van der Waals surface area contributed by atoms with Crippen molar-refractivity contribution < 1.29 is 9.84 Å². The van der Waals surface area contributed by atoms with E-state index in [-0.39, 0.29) is 6.61 Å². The number of aliphatic hydroxyl groups excluding tert-OH is 1. The van der Waals surface area contributed by atoms with Gasteiger partial charge in [0.25, 0.3) is 0 Å². The predicted octanol–water partition coefficient (Wildman–Crippen LogP) is 3.63. The number of aromatic nitrogens is 1. The Labute approximate surface area is 130 Å². The van der Waals surface area contributed by atoms with E-state index >= 15 is 0 Å². The minimum atomic E-state index is 0.0969. The molecule has 1 aromatic carbocycles. The molecule has 2 rings (SSSR count). The van der Waals surface area contributed by atoms with Gasteiger partial charge in [0.2, 0.25) is 0 Å². The molecular formula is C17H21NO2S. The van der Waals surface area contributed by atoms with Gasteiger partial charge < -0.3 is 9.84 Å². The van der Waals surface area contributed by atoms with E-state index in [1.165, 1.54) is 5.56 Å². The molecule has 2 aromatic rings. The average Bonchev–Trinajstić information content (AvgIpc) is 2.51. The summed E-state index contributed by atoms with van der Waals surface area (Å²) in [6.45, 7) is 4.17. The van der Waals surface area contributed by atoms with Crippen LogP contribution in [0.15, 0.2) is 30.5 Å². The molecule has 0 spiro atoms. The highest BCUT2D eigenvalue weighted by Crippen LogP contribution is 2.27. The highest BCUT2D eigenvalue weighted by Gasteiger charge is 2.09. The van der Waals surface area contributed by atoms with E-state index in [4.69, 9.17) is 9.84 Å². The zero-order valence-electron chi connectivity index (χ0n) is 12.7. The Hall–Kier alpha value is -1.52. The summed E-state index contributed by atoms with van der Waals surface area (Å²) in [5.41, 5.74) is 5.48. The maximum Gasteiger partial charge on any atom is 0.128 e. The second-order valence-electron chi connectivity index (χ2n) is 5.01. The summed E-state index contributed by atoms with van der Waals surface area (Å²) in [5, 5.41) is 9.03. The van der Waals surface area contributed by atoms with Gasteiger partial charge in [-0.05, 0) is 25.0 Å². The summed E-state index contributed by atoms with van der Waals surface area (Å²) >= 11 is 1.83. The van der Waals surface area contributed by atoms with Crippen LogP contribution in [-0.4, -0.2) is 17.2 Å². The first-order valence-electron chi connectivity index (χ1n) is 6.91. The van der Waals surface area contributed by atoms with Gasteiger partial charge in [0.1, 0.15) is 5.75 Å². The number of rotatable bonds is 6. The second-order valence-corrected chi connectivity index (χ2v) is 6.00. The monoisotopic (exact) mass is 303 g/mol. The summed E-state index contributed by atoms with van der Waals surface area (Å²) < 4.78 is 5.43. The lowest BCUT2D eigenvalue weighted by atomic mass is 10.1. The Morgan fingerprint density at radius 3 is 2.38 bits per heavy atom. The number of ether oxygens (including phenoxy) is 1. The van der Waals surface area contributed by atoms with Gasteiger partial charge in [0.15, 0.2) is 0 Å². The zero-order valence-corrected chi connectivity index (χ0v) is 13.5. The molecule has 0 aliphatic carbocycles. The Morgan fingerprint density at radius 2 is 1.76 bits per heavy atom. The van der Waals surface area contributed by atoms with Crippen molar-refractivity contribution in [2.24, 2.45) is 0 Å². The molecule has 3 nitrogen and oxygen atoms in total. The van der Waals surface area contributed by atoms with Crippen molar-refractivity contribution in [3.63, 3.8) is 0 Å². The van der Waals surface area contributed by atoms with Crippen molar-refractivity contribution in [2.75, 3.05) is 7.11 Å². The van der Waals surface area contributed by atoms with E-state index in [0.29, 0.717) is 0 Å². The van der Waals surface area contributed by atoms with Crippen LogP contribution in [0.5, 0.6) is 5.75 Å². The lowest BCUT2D eigenvalue weighted by Crippen LogP contribution is -1.99. The predicted molar refractivity (Wildman–Crippen MR) is 87.6 cm³/mol. The number of benzene rings is 1. The number of thioether (sulfide) groups is 1. The number of hydrogen-bond donors (Lipinski definition) is 1. The molecule has 112 valence electrons. The minimum absolute atomic E-state index is 0.0969. The summed E-state index contributed by atoms with van der Waals surface area (Å²) in [6.07, 6.45) is 1.87. The normalized spacial score (nSPS) is 10.7. The van der Waals surface area contributed by atoms with Crippen molar-refractivity contribution in [3.05, 3.63) is 58.4 Å². The largest absolute Gasteiger partial charge is 0.496 e. The van der Waals surface area contributed by atoms with Crippen LogP contribution >= 0.6 is 11.8 Å². The van der Waals surface area contributed by atoms with E-state index in [9.17, 15) is 0 Å². The molecule has 0 saturated heterocycles. The van der Waals surface area contributed by atoms with Crippen LogP contribution in [0.1, 0.15) is 27.9 Å². The van der Waals surface area contributed by atoms with E-state index in [2.05, 4.69) is 24.0 Å². The highest BCUT2D eigenvalue weighted by molar-refractivity contribution is 7.97. The molecule has 21 heavy (non-hydrogen) atoms. The van der Waals surface area contributed by atoms with Crippen LogP contribution in [0.25, 0.3) is 0 Å². The number of aryl methyl sites for hydroxylation is 1. The van der Waals surface area contributed by atoms with E-state index in [1.54, 1.807) is 7.11 Å². The molecule has 1 aromatic heterocycles. The standard InChI is InChI=1S/C17H21NO2S/c1-12-8-18-16(13(2)17(12)20-3)11-21-10-15-6-4-14(9-19)5-7-15/h4-8,19H,9-11H2,1-3H3. The highest BCUT2D eigenvalue weighted by atomic mass is 32.2. The lowest BCUT2D eigenvalue weighted by Gasteiger charge is -2.12. The summed E-state index contributed by atoms with van der Waals surface area (Å²) in [6, 6.07) is 8.06. The minimum Gasteiger partial charge on any atom is -0.496 e. The average molecular weight is 303 g/mol. The molecule has 0 amide bonds. The number of pyridine rings is 1. The van der Waals surface area contributed by atoms with Gasteiger partial charge in [-0.1, -0.05) is 24.3 Å². The van der Waals surface area contributed by atoms with Gasteiger partial charge in [-0.2, -0.15) is 11.8 Å². The van der Waals surface area contributed by atoms with Crippen LogP contribution < -0.4 is 4.74 Å². The van der Waals surface area contributed by atoms with Crippen LogP contribution in [0, 0.1) is 13.8 Å².